The molecule has 0 bridgehead atoms. The Morgan fingerprint density at radius 1 is 1.54 bits per heavy atom. The van der Waals surface area contributed by atoms with E-state index < -0.39 is 5.95 Å². The maximum Gasteiger partial charge on any atom is 0.223 e. The van der Waals surface area contributed by atoms with Crippen molar-refractivity contribution in [1.82, 2.24) is 9.38 Å². The number of nitrogens with zero attached hydrogens (tertiary/aromatic N) is 2. The summed E-state index contributed by atoms with van der Waals surface area (Å²) in [6.45, 7) is -0.384. The summed E-state index contributed by atoms with van der Waals surface area (Å²) in [5.41, 5.74) is 0.558. The van der Waals surface area contributed by atoms with E-state index >= 15 is 0 Å². The molecular weight excluding hydrogens is 239 g/mol. The van der Waals surface area contributed by atoms with Gasteiger partial charge in [0.1, 0.15) is 11.3 Å². The van der Waals surface area contributed by atoms with Crippen molar-refractivity contribution in [2.24, 2.45) is 0 Å². The fourth-order valence-corrected chi connectivity index (χ4v) is 1.48. The summed E-state index contributed by atoms with van der Waals surface area (Å²) in [6.07, 6.45) is 1.57. The van der Waals surface area contributed by atoms with Crippen molar-refractivity contribution in [2.75, 3.05) is 0 Å². The molecule has 0 atom stereocenters. The van der Waals surface area contributed by atoms with Gasteiger partial charge >= 0.3 is 0 Å². The van der Waals surface area contributed by atoms with E-state index in [9.17, 15) is 4.39 Å². The monoisotopic (exact) mass is 244 g/mol. The normalized spacial score (nSPS) is 11.0. The molecule has 0 amide bonds. The van der Waals surface area contributed by atoms with Crippen LogP contribution in [0, 0.1) is 5.95 Å². The van der Waals surface area contributed by atoms with Gasteiger partial charge in [-0.05, 0) is 28.1 Å². The van der Waals surface area contributed by atoms with E-state index in [2.05, 4.69) is 20.9 Å². The van der Waals surface area contributed by atoms with Crippen molar-refractivity contribution < 1.29 is 9.50 Å². The molecule has 0 aromatic carbocycles. The molecule has 1 N–H and O–H groups in total. The molecule has 68 valence electrons. The third-order valence-electron chi connectivity index (χ3n) is 1.74. The van der Waals surface area contributed by atoms with Crippen LogP contribution in [-0.4, -0.2) is 14.5 Å². The van der Waals surface area contributed by atoms with Crippen LogP contribution in [0.5, 0.6) is 0 Å². The van der Waals surface area contributed by atoms with E-state index in [4.69, 9.17) is 5.11 Å². The summed E-state index contributed by atoms with van der Waals surface area (Å²) in [5.74, 6) is -0.515. The summed E-state index contributed by atoms with van der Waals surface area (Å²) in [5, 5.41) is 8.76. The van der Waals surface area contributed by atoms with Gasteiger partial charge in [-0.1, -0.05) is 0 Å². The predicted molar refractivity (Wildman–Crippen MR) is 48.8 cm³/mol. The molecule has 0 spiro atoms. The maximum atomic E-state index is 13.3. The molecule has 3 nitrogen and oxygen atoms in total. The average Bonchev–Trinajstić information content (AvgIpc) is 2.44. The van der Waals surface area contributed by atoms with Crippen LogP contribution in [0.4, 0.5) is 4.39 Å². The Morgan fingerprint density at radius 2 is 2.31 bits per heavy atom. The Bertz CT molecular complexity index is 455. The third-order valence-corrected chi connectivity index (χ3v) is 2.21. The Kier molecular flexibility index (Phi) is 2.05. The number of imidazole rings is 1. The number of aliphatic hydroxyl groups excluding tert-OH is 1. The molecule has 5 heteroatoms. The van der Waals surface area contributed by atoms with Gasteiger partial charge in [0.05, 0.1) is 6.61 Å². The Balaban J connectivity index is 2.77. The second kappa shape index (κ2) is 3.08. The summed E-state index contributed by atoms with van der Waals surface area (Å²) < 4.78 is 15.4. The minimum absolute atomic E-state index is 0.0677. The van der Waals surface area contributed by atoms with E-state index in [1.807, 2.05) is 0 Å². The molecule has 2 aromatic heterocycles. The average molecular weight is 245 g/mol. The van der Waals surface area contributed by atoms with Crippen LogP contribution in [0.25, 0.3) is 5.65 Å². The van der Waals surface area contributed by atoms with E-state index in [-0.39, 0.29) is 12.3 Å². The summed E-state index contributed by atoms with van der Waals surface area (Å²) >= 11 is 3.22. The molecule has 0 aliphatic rings. The molecule has 0 unspecified atom stereocenters. The number of aliphatic hydroxyl groups is 1. The van der Waals surface area contributed by atoms with Crippen LogP contribution in [0.1, 0.15) is 5.69 Å². The maximum absolute atomic E-state index is 13.3. The van der Waals surface area contributed by atoms with Crippen LogP contribution in [0.3, 0.4) is 0 Å². The molecule has 2 heterocycles. The molecule has 0 aliphatic heterocycles. The number of halogens is 2. The van der Waals surface area contributed by atoms with E-state index in [1.165, 1.54) is 4.40 Å². The first-order chi connectivity index (χ1) is 6.22. The molecule has 13 heavy (non-hydrogen) atoms. The first kappa shape index (κ1) is 8.65. The molecule has 0 saturated carbocycles. The van der Waals surface area contributed by atoms with Crippen molar-refractivity contribution in [2.45, 2.75) is 6.61 Å². The number of pyridine rings is 1. The Hall–Kier alpha value is -0.940. The first-order valence-electron chi connectivity index (χ1n) is 3.65. The van der Waals surface area contributed by atoms with Gasteiger partial charge in [0.2, 0.25) is 5.95 Å². The lowest BCUT2D eigenvalue weighted by Crippen LogP contribution is -1.90. The molecule has 0 fully saturated rings. The third kappa shape index (κ3) is 1.34. The molecular formula is C8H6BrFN2O. The van der Waals surface area contributed by atoms with Gasteiger partial charge in [-0.3, -0.25) is 4.40 Å². The van der Waals surface area contributed by atoms with Gasteiger partial charge in [-0.25, -0.2) is 4.98 Å². The number of hydrogen-bond acceptors (Lipinski definition) is 2. The van der Waals surface area contributed by atoms with Crippen LogP contribution in [0.2, 0.25) is 0 Å². The predicted octanol–water partition coefficient (Wildman–Crippen LogP) is 1.73. The summed E-state index contributed by atoms with van der Waals surface area (Å²) in [4.78, 5) is 3.89. The van der Waals surface area contributed by atoms with Crippen molar-refractivity contribution >= 4 is 21.6 Å². The van der Waals surface area contributed by atoms with E-state index in [0.717, 1.165) is 4.47 Å². The molecule has 2 rings (SSSR count). The number of rotatable bonds is 1. The summed E-state index contributed by atoms with van der Waals surface area (Å²) in [7, 11) is 0. The van der Waals surface area contributed by atoms with Crippen molar-refractivity contribution in [3.8, 4) is 0 Å². The minimum Gasteiger partial charge on any atom is -0.390 e. The molecule has 2 aromatic rings. The fraction of sp³-hybridized carbons (Fsp3) is 0.125. The SMILES string of the molecule is OCc1nc2ccc(Br)cn2c1F. The van der Waals surface area contributed by atoms with Gasteiger partial charge in [0, 0.05) is 10.7 Å². The van der Waals surface area contributed by atoms with Crippen molar-refractivity contribution in [3.63, 3.8) is 0 Å². The van der Waals surface area contributed by atoms with E-state index in [0.29, 0.717) is 5.65 Å². The lowest BCUT2D eigenvalue weighted by atomic mass is 10.5. The second-order valence-electron chi connectivity index (χ2n) is 2.58. The van der Waals surface area contributed by atoms with Gasteiger partial charge in [-0.2, -0.15) is 4.39 Å². The number of fused-ring (bicyclic) bond motifs is 1. The highest BCUT2D eigenvalue weighted by atomic mass is 79.9. The second-order valence-corrected chi connectivity index (χ2v) is 3.50. The van der Waals surface area contributed by atoms with Gasteiger partial charge in [0.25, 0.3) is 0 Å². The molecule has 0 saturated heterocycles. The standard InChI is InChI=1S/C8H6BrFN2O/c9-5-1-2-7-11-6(4-13)8(10)12(7)3-5/h1-3,13H,4H2. The zero-order valence-electron chi connectivity index (χ0n) is 6.54. The Labute approximate surface area is 82.0 Å². The quantitative estimate of drug-likeness (QED) is 0.830. The largest absolute Gasteiger partial charge is 0.390 e. The van der Waals surface area contributed by atoms with Crippen LogP contribution in [-0.2, 0) is 6.61 Å². The highest BCUT2D eigenvalue weighted by Crippen LogP contribution is 2.15. The van der Waals surface area contributed by atoms with Crippen LogP contribution >= 0.6 is 15.9 Å². The Morgan fingerprint density at radius 3 is 3.00 bits per heavy atom. The first-order valence-corrected chi connectivity index (χ1v) is 4.44. The number of hydrogen-bond donors (Lipinski definition) is 1. The fourth-order valence-electron chi connectivity index (χ4n) is 1.14. The van der Waals surface area contributed by atoms with Crippen molar-refractivity contribution in [3.05, 3.63) is 34.4 Å². The minimum atomic E-state index is -0.515. The van der Waals surface area contributed by atoms with Crippen LogP contribution in [0.15, 0.2) is 22.8 Å². The van der Waals surface area contributed by atoms with Crippen LogP contribution < -0.4 is 0 Å². The molecule has 0 aliphatic carbocycles. The van der Waals surface area contributed by atoms with Gasteiger partial charge < -0.3 is 5.11 Å². The summed E-state index contributed by atoms with van der Waals surface area (Å²) in [6, 6.07) is 3.44. The smallest absolute Gasteiger partial charge is 0.223 e. The number of aromatic nitrogens is 2. The lowest BCUT2D eigenvalue weighted by Gasteiger charge is -1.93. The van der Waals surface area contributed by atoms with Gasteiger partial charge in [-0.15, -0.1) is 0 Å². The highest BCUT2D eigenvalue weighted by Gasteiger charge is 2.09. The van der Waals surface area contributed by atoms with E-state index in [1.54, 1.807) is 18.3 Å². The zero-order chi connectivity index (χ0) is 9.42. The lowest BCUT2D eigenvalue weighted by molar-refractivity contribution is 0.270. The zero-order valence-corrected chi connectivity index (χ0v) is 8.12. The van der Waals surface area contributed by atoms with Gasteiger partial charge in [0.15, 0.2) is 0 Å². The topological polar surface area (TPSA) is 37.5 Å². The van der Waals surface area contributed by atoms with Crippen molar-refractivity contribution in [1.29, 1.82) is 0 Å². The molecule has 0 radical (unpaired) electrons. The highest BCUT2D eigenvalue weighted by molar-refractivity contribution is 9.10.